The molecular weight excluding hydrogens is 433 g/mol. The summed E-state index contributed by atoms with van der Waals surface area (Å²) in [4.78, 5) is 14.5. The third-order valence-electron chi connectivity index (χ3n) is 6.80. The SMILES string of the molecule is CCN1CCC(n2c(C=O)c(C)c3c(NC)cc(C4OCCO4)cc32)CC1.Fc1ccccc1. The number of ether oxygens (including phenoxy) is 2. The number of hydrogen-bond donors (Lipinski definition) is 1. The molecule has 2 aliphatic heterocycles. The fourth-order valence-corrected chi connectivity index (χ4v) is 5.00. The minimum Gasteiger partial charge on any atom is -0.388 e. The Bertz CT molecular complexity index is 1100. The number of anilines is 1. The van der Waals surface area contributed by atoms with Gasteiger partial charge in [0.1, 0.15) is 5.82 Å². The number of aldehydes is 1. The lowest BCUT2D eigenvalue weighted by Crippen LogP contribution is -2.34. The van der Waals surface area contributed by atoms with Crippen LogP contribution in [0.3, 0.4) is 0 Å². The average Bonchev–Trinajstić information content (AvgIpc) is 3.51. The Kier molecular flexibility index (Phi) is 7.98. The molecule has 0 saturated carbocycles. The van der Waals surface area contributed by atoms with Gasteiger partial charge in [0, 0.05) is 42.8 Å². The van der Waals surface area contributed by atoms with E-state index >= 15 is 0 Å². The Labute approximate surface area is 200 Å². The molecule has 7 heteroatoms. The minimum atomic E-state index is -0.327. The number of aromatic nitrogens is 1. The van der Waals surface area contributed by atoms with Gasteiger partial charge in [-0.2, -0.15) is 0 Å². The Morgan fingerprint density at radius 1 is 1.12 bits per heavy atom. The van der Waals surface area contributed by atoms with E-state index < -0.39 is 0 Å². The molecule has 0 bridgehead atoms. The fourth-order valence-electron chi connectivity index (χ4n) is 5.00. The zero-order valence-electron chi connectivity index (χ0n) is 20.2. The minimum absolute atomic E-state index is 0.178. The lowest BCUT2D eigenvalue weighted by molar-refractivity contribution is -0.0440. The van der Waals surface area contributed by atoms with Crippen LogP contribution < -0.4 is 5.32 Å². The van der Waals surface area contributed by atoms with Crippen LogP contribution in [-0.4, -0.2) is 55.6 Å². The van der Waals surface area contributed by atoms with Crippen molar-refractivity contribution in [3.63, 3.8) is 0 Å². The highest BCUT2D eigenvalue weighted by Gasteiger charge is 2.28. The first-order valence-corrected chi connectivity index (χ1v) is 12.0. The molecule has 3 heterocycles. The largest absolute Gasteiger partial charge is 0.388 e. The van der Waals surface area contributed by atoms with Crippen LogP contribution >= 0.6 is 0 Å². The molecule has 2 aromatic carbocycles. The van der Waals surface area contributed by atoms with E-state index in [0.29, 0.717) is 19.3 Å². The number of likely N-dealkylation sites (tertiary alicyclic amines) is 1. The van der Waals surface area contributed by atoms with Crippen molar-refractivity contribution in [1.82, 2.24) is 9.47 Å². The Balaban J connectivity index is 0.000000336. The molecule has 0 atom stereocenters. The number of fused-ring (bicyclic) bond motifs is 1. The van der Waals surface area contributed by atoms with Gasteiger partial charge < -0.3 is 24.3 Å². The van der Waals surface area contributed by atoms with E-state index in [-0.39, 0.29) is 12.1 Å². The van der Waals surface area contributed by atoms with Crippen molar-refractivity contribution in [1.29, 1.82) is 0 Å². The molecule has 34 heavy (non-hydrogen) atoms. The standard InChI is InChI=1S/C21H29N3O3.C6H5F/c1-4-23-7-5-16(6-8-23)24-18-12-15(21-26-9-10-27-21)11-17(22-3)20(18)14(2)19(24)13-25;7-6-4-2-1-3-5-6/h11-13,16,21-22H,4-10H2,1-3H3;1-5H. The molecule has 0 spiro atoms. The second kappa shape index (κ2) is 11.1. The van der Waals surface area contributed by atoms with Gasteiger partial charge in [0.15, 0.2) is 12.6 Å². The maximum Gasteiger partial charge on any atom is 0.184 e. The highest BCUT2D eigenvalue weighted by Crippen LogP contribution is 2.39. The molecule has 2 saturated heterocycles. The zero-order valence-corrected chi connectivity index (χ0v) is 20.2. The summed E-state index contributed by atoms with van der Waals surface area (Å²) in [6, 6.07) is 12.5. The molecule has 2 aliphatic rings. The third kappa shape index (κ3) is 5.02. The van der Waals surface area contributed by atoms with Gasteiger partial charge in [-0.05, 0) is 56.1 Å². The van der Waals surface area contributed by atoms with Crippen LogP contribution in [0.4, 0.5) is 10.1 Å². The monoisotopic (exact) mass is 467 g/mol. The van der Waals surface area contributed by atoms with Crippen molar-refractivity contribution >= 4 is 22.9 Å². The second-order valence-corrected chi connectivity index (χ2v) is 8.75. The maximum atomic E-state index is 12.0. The summed E-state index contributed by atoms with van der Waals surface area (Å²) < 4.78 is 25.6. The van der Waals surface area contributed by atoms with Gasteiger partial charge in [-0.15, -0.1) is 0 Å². The molecule has 6 nitrogen and oxygen atoms in total. The molecule has 3 aromatic rings. The maximum absolute atomic E-state index is 12.0. The number of carbonyl (C=O) groups excluding carboxylic acids is 1. The first-order chi connectivity index (χ1) is 16.6. The van der Waals surface area contributed by atoms with E-state index in [9.17, 15) is 9.18 Å². The van der Waals surface area contributed by atoms with Gasteiger partial charge in [-0.3, -0.25) is 4.79 Å². The molecule has 5 rings (SSSR count). The Morgan fingerprint density at radius 2 is 1.79 bits per heavy atom. The predicted octanol–water partition coefficient (Wildman–Crippen LogP) is 5.33. The van der Waals surface area contributed by atoms with E-state index in [2.05, 4.69) is 33.8 Å². The summed E-state index contributed by atoms with van der Waals surface area (Å²) in [5.74, 6) is -0.178. The van der Waals surface area contributed by atoms with Crippen molar-refractivity contribution in [2.45, 2.75) is 39.0 Å². The van der Waals surface area contributed by atoms with Crippen molar-refractivity contribution in [3.8, 4) is 0 Å². The first kappa shape index (κ1) is 24.4. The van der Waals surface area contributed by atoms with Gasteiger partial charge in [-0.1, -0.05) is 25.1 Å². The topological polar surface area (TPSA) is 55.7 Å². The third-order valence-corrected chi connectivity index (χ3v) is 6.80. The van der Waals surface area contributed by atoms with E-state index in [1.54, 1.807) is 18.2 Å². The number of nitrogens with one attached hydrogen (secondary N) is 1. The number of halogens is 1. The molecule has 0 unspecified atom stereocenters. The number of aryl methyl sites for hydroxylation is 1. The number of benzene rings is 2. The van der Waals surface area contributed by atoms with E-state index in [1.807, 2.05) is 14.0 Å². The number of nitrogens with zero attached hydrogens (tertiary/aromatic N) is 2. The molecule has 2 fully saturated rings. The van der Waals surface area contributed by atoms with Crippen molar-refractivity contribution in [2.24, 2.45) is 0 Å². The lowest BCUT2D eigenvalue weighted by atomic mass is 10.0. The normalized spacial score (nSPS) is 17.5. The summed E-state index contributed by atoms with van der Waals surface area (Å²) in [7, 11) is 1.92. The van der Waals surface area contributed by atoms with Gasteiger partial charge in [-0.25, -0.2) is 4.39 Å². The molecule has 0 amide bonds. The van der Waals surface area contributed by atoms with Crippen LogP contribution in [0.15, 0.2) is 42.5 Å². The highest BCUT2D eigenvalue weighted by atomic mass is 19.1. The van der Waals surface area contributed by atoms with E-state index in [4.69, 9.17) is 9.47 Å². The van der Waals surface area contributed by atoms with Gasteiger partial charge >= 0.3 is 0 Å². The molecular formula is C27H34FN3O3. The first-order valence-electron chi connectivity index (χ1n) is 12.0. The van der Waals surface area contributed by atoms with Gasteiger partial charge in [0.05, 0.1) is 24.4 Å². The lowest BCUT2D eigenvalue weighted by Gasteiger charge is -2.33. The second-order valence-electron chi connectivity index (χ2n) is 8.75. The van der Waals surface area contributed by atoms with Gasteiger partial charge in [0.2, 0.25) is 0 Å². The number of rotatable bonds is 5. The predicted molar refractivity (Wildman–Crippen MR) is 133 cm³/mol. The molecule has 1 aromatic heterocycles. The Morgan fingerprint density at radius 3 is 2.32 bits per heavy atom. The van der Waals surface area contributed by atoms with E-state index in [1.165, 1.54) is 12.1 Å². The van der Waals surface area contributed by atoms with Crippen molar-refractivity contribution < 1.29 is 18.7 Å². The van der Waals surface area contributed by atoms with Crippen LogP contribution in [0, 0.1) is 12.7 Å². The summed E-state index contributed by atoms with van der Waals surface area (Å²) in [5, 5.41) is 4.43. The van der Waals surface area contributed by atoms with Crippen molar-refractivity contribution in [3.05, 3.63) is 65.1 Å². The number of carbonyl (C=O) groups is 1. The van der Waals surface area contributed by atoms with Crippen LogP contribution in [0.5, 0.6) is 0 Å². The average molecular weight is 468 g/mol. The quantitative estimate of drug-likeness (QED) is 0.514. The van der Waals surface area contributed by atoms with Crippen LogP contribution in [0.2, 0.25) is 0 Å². The summed E-state index contributed by atoms with van der Waals surface area (Å²) in [6.45, 7) is 8.73. The summed E-state index contributed by atoms with van der Waals surface area (Å²) in [5.41, 5.74) is 4.97. The summed E-state index contributed by atoms with van der Waals surface area (Å²) >= 11 is 0. The molecule has 1 N–H and O–H groups in total. The van der Waals surface area contributed by atoms with Crippen LogP contribution in [-0.2, 0) is 9.47 Å². The van der Waals surface area contributed by atoms with Crippen LogP contribution in [0.25, 0.3) is 10.9 Å². The smallest absolute Gasteiger partial charge is 0.184 e. The van der Waals surface area contributed by atoms with Gasteiger partial charge in [0.25, 0.3) is 0 Å². The van der Waals surface area contributed by atoms with E-state index in [0.717, 1.165) is 72.2 Å². The highest BCUT2D eigenvalue weighted by molar-refractivity contribution is 6.01. The van der Waals surface area contributed by atoms with Crippen LogP contribution in [0.1, 0.15) is 53.7 Å². The fraction of sp³-hybridized carbons (Fsp3) is 0.444. The Hall–Kier alpha value is -2.74. The summed E-state index contributed by atoms with van der Waals surface area (Å²) in [6.07, 6.45) is 2.82. The molecule has 182 valence electrons. The zero-order chi connectivity index (χ0) is 24.1. The van der Waals surface area contributed by atoms with Crippen molar-refractivity contribution in [2.75, 3.05) is 45.2 Å². The number of hydrogen-bond acceptors (Lipinski definition) is 5. The molecule has 0 radical (unpaired) electrons. The molecule has 0 aliphatic carbocycles. The number of piperidine rings is 1.